The molecule has 0 saturated carbocycles. The zero-order chi connectivity index (χ0) is 57.0. The van der Waals surface area contributed by atoms with Crippen LogP contribution < -0.4 is 39.2 Å². The SMILES string of the molecule is Cc1ccccc1N1c2cnccc2N(C)[C@@H]1C.Cc1ccccc1N1c2cnccc2N(c2ccccc2)[C@@H]1C.Cc1ccccc1N1c2ncccc2N(C)[C@@H]1C.Cc1ccccc1N1c2ncccc2N(c2ccccc2)[C@@H]1C. The van der Waals surface area contributed by atoms with Crippen molar-refractivity contribution in [3.05, 3.63) is 254 Å². The normalized spacial score (nSPS) is 17.2. The minimum atomic E-state index is 0.170. The Kier molecular flexibility index (Phi) is 15.6. The molecule has 0 saturated heterocycles. The van der Waals surface area contributed by atoms with Crippen LogP contribution in [0.3, 0.4) is 0 Å². The quantitative estimate of drug-likeness (QED) is 0.159. The van der Waals surface area contributed by atoms with Gasteiger partial charge in [-0.05, 0) is 163 Å². The largest absolute Gasteiger partial charge is 0.352 e. The van der Waals surface area contributed by atoms with E-state index in [2.05, 4.69) is 305 Å². The first-order chi connectivity index (χ1) is 39.9. The Morgan fingerprint density at radius 1 is 0.268 bits per heavy atom. The molecule has 6 aromatic carbocycles. The minimum Gasteiger partial charge on any atom is -0.352 e. The van der Waals surface area contributed by atoms with Crippen LogP contribution in [0.2, 0.25) is 0 Å². The molecule has 0 fully saturated rings. The molecule has 12 heteroatoms. The van der Waals surface area contributed by atoms with Gasteiger partial charge in [-0.15, -0.1) is 0 Å². The molecule has 4 atom stereocenters. The van der Waals surface area contributed by atoms with Gasteiger partial charge >= 0.3 is 0 Å². The molecule has 0 unspecified atom stereocenters. The summed E-state index contributed by atoms with van der Waals surface area (Å²) in [5.41, 5.74) is 19.5. The van der Waals surface area contributed by atoms with Crippen LogP contribution in [-0.4, -0.2) is 58.7 Å². The number of pyridine rings is 4. The van der Waals surface area contributed by atoms with Crippen molar-refractivity contribution in [2.75, 3.05) is 53.3 Å². The molecule has 82 heavy (non-hydrogen) atoms. The van der Waals surface area contributed by atoms with Crippen molar-refractivity contribution in [2.45, 2.75) is 80.1 Å². The zero-order valence-electron chi connectivity index (χ0n) is 48.6. The molecule has 0 spiro atoms. The molecule has 8 heterocycles. The van der Waals surface area contributed by atoms with E-state index in [1.807, 2.05) is 55.4 Å². The van der Waals surface area contributed by atoms with E-state index in [1.165, 1.54) is 79.1 Å². The lowest BCUT2D eigenvalue weighted by Gasteiger charge is -2.31. The van der Waals surface area contributed by atoms with Crippen LogP contribution in [0, 0.1) is 27.7 Å². The Morgan fingerprint density at radius 3 is 1.09 bits per heavy atom. The fourth-order valence-corrected chi connectivity index (χ4v) is 11.9. The number of benzene rings is 6. The molecule has 4 aliphatic heterocycles. The first-order valence-electron chi connectivity index (χ1n) is 28.3. The average molecular weight is 1080 g/mol. The maximum atomic E-state index is 4.67. The number of nitrogens with zero attached hydrogens (tertiary/aromatic N) is 12. The smallest absolute Gasteiger partial charge is 0.158 e. The molecule has 412 valence electrons. The summed E-state index contributed by atoms with van der Waals surface area (Å²) >= 11 is 0. The highest BCUT2D eigenvalue weighted by Gasteiger charge is 2.38. The highest BCUT2D eigenvalue weighted by atomic mass is 15.5. The van der Waals surface area contributed by atoms with Gasteiger partial charge in [0.1, 0.15) is 24.7 Å². The van der Waals surface area contributed by atoms with Gasteiger partial charge in [-0.2, -0.15) is 0 Å². The van der Waals surface area contributed by atoms with Crippen LogP contribution in [0.5, 0.6) is 0 Å². The van der Waals surface area contributed by atoms with E-state index < -0.39 is 0 Å². The maximum absolute atomic E-state index is 4.67. The Labute approximate surface area is 484 Å². The van der Waals surface area contributed by atoms with Gasteiger partial charge in [-0.25, -0.2) is 9.97 Å². The molecule has 10 aromatic rings. The number of anilines is 14. The van der Waals surface area contributed by atoms with Crippen molar-refractivity contribution in [2.24, 2.45) is 0 Å². The number of rotatable bonds is 6. The summed E-state index contributed by atoms with van der Waals surface area (Å²) in [6, 6.07) is 67.4. The summed E-state index contributed by atoms with van der Waals surface area (Å²) in [7, 11) is 4.24. The average Bonchev–Trinajstić information content (AvgIpc) is 3.55. The minimum absolute atomic E-state index is 0.170. The number of hydrogen-bond donors (Lipinski definition) is 0. The van der Waals surface area contributed by atoms with Crippen molar-refractivity contribution in [3.8, 4) is 0 Å². The van der Waals surface area contributed by atoms with Crippen LogP contribution in [0.4, 0.5) is 79.9 Å². The third-order valence-electron chi connectivity index (χ3n) is 16.3. The van der Waals surface area contributed by atoms with Gasteiger partial charge in [-0.1, -0.05) is 109 Å². The molecule has 4 aromatic heterocycles. The molecule has 0 bridgehead atoms. The highest BCUT2D eigenvalue weighted by molar-refractivity contribution is 5.89. The molecule has 4 aliphatic rings. The number of para-hydroxylation sites is 6. The zero-order valence-corrected chi connectivity index (χ0v) is 48.6. The standard InChI is InChI=1S/2C20H19N3.2C15H17N3/c1-15-9-6-7-12-18(15)23-16(2)22(17-10-4-3-5-11-17)19-13-8-14-21-20(19)23;1-15-8-6-7-11-18(15)23-16(2)22(17-9-4-3-5-10-17)19-12-13-21-14-20(19)23;1-11-7-4-5-8-13(11)18-12(2)17(3)14-9-6-10-16-15(14)18;1-11-6-4-5-7-13(11)18-12(2)17(3)14-8-9-16-10-15(14)18/h2*3-14,16H,1-2H3;2*4-10,12H,1-3H3/t2*16-;2*12-/m0000/s1. The second-order valence-corrected chi connectivity index (χ2v) is 21.2. The van der Waals surface area contributed by atoms with E-state index in [-0.39, 0.29) is 18.5 Å². The van der Waals surface area contributed by atoms with Gasteiger partial charge in [0.2, 0.25) is 0 Å². The summed E-state index contributed by atoms with van der Waals surface area (Å²) < 4.78 is 0. The Balaban J connectivity index is 0.000000115. The molecular formula is C70H72N12. The van der Waals surface area contributed by atoms with E-state index in [4.69, 9.17) is 0 Å². The molecule has 14 rings (SSSR count). The highest BCUT2D eigenvalue weighted by Crippen LogP contribution is 2.50. The second-order valence-electron chi connectivity index (χ2n) is 21.2. The third-order valence-corrected chi connectivity index (χ3v) is 16.3. The lowest BCUT2D eigenvalue weighted by Crippen LogP contribution is -2.36. The monoisotopic (exact) mass is 1080 g/mol. The lowest BCUT2D eigenvalue weighted by atomic mass is 10.1. The predicted molar refractivity (Wildman–Crippen MR) is 342 cm³/mol. The Morgan fingerprint density at radius 2 is 0.598 bits per heavy atom. The van der Waals surface area contributed by atoms with E-state index in [0.717, 1.165) is 23.0 Å². The van der Waals surface area contributed by atoms with Crippen molar-refractivity contribution in [3.63, 3.8) is 0 Å². The summed E-state index contributed by atoms with van der Waals surface area (Å²) in [6.07, 6.45) is 12.3. The molecule has 0 amide bonds. The maximum Gasteiger partial charge on any atom is 0.158 e. The van der Waals surface area contributed by atoms with Gasteiger partial charge in [0.05, 0.1) is 46.5 Å². The van der Waals surface area contributed by atoms with E-state index in [9.17, 15) is 0 Å². The van der Waals surface area contributed by atoms with Gasteiger partial charge in [0.15, 0.2) is 11.6 Å². The molecule has 0 N–H and O–H groups in total. The van der Waals surface area contributed by atoms with E-state index >= 15 is 0 Å². The molecule has 0 radical (unpaired) electrons. The summed E-state index contributed by atoms with van der Waals surface area (Å²) in [6.45, 7) is 17.5. The number of aryl methyl sites for hydroxylation is 4. The topological polar surface area (TPSA) is 77.5 Å². The van der Waals surface area contributed by atoms with Crippen molar-refractivity contribution < 1.29 is 0 Å². The van der Waals surface area contributed by atoms with Gasteiger partial charge in [-0.3, -0.25) is 9.97 Å². The van der Waals surface area contributed by atoms with Crippen molar-refractivity contribution in [1.29, 1.82) is 0 Å². The van der Waals surface area contributed by atoms with Crippen LogP contribution in [0.15, 0.2) is 231 Å². The fraction of sp³-hybridized carbons (Fsp3) is 0.200. The van der Waals surface area contributed by atoms with E-state index in [0.29, 0.717) is 6.17 Å². The fourth-order valence-electron chi connectivity index (χ4n) is 11.9. The van der Waals surface area contributed by atoms with Gasteiger partial charge < -0.3 is 39.2 Å². The van der Waals surface area contributed by atoms with Gasteiger partial charge in [0, 0.05) is 73.0 Å². The summed E-state index contributed by atoms with van der Waals surface area (Å²) in [5, 5.41) is 0. The van der Waals surface area contributed by atoms with Crippen LogP contribution in [0.25, 0.3) is 0 Å². The number of hydrogen-bond acceptors (Lipinski definition) is 12. The molecule has 0 aliphatic carbocycles. The predicted octanol–water partition coefficient (Wildman–Crippen LogP) is 16.7. The molecular weight excluding hydrogens is 1010 g/mol. The third kappa shape index (κ3) is 10.2. The second kappa shape index (κ2) is 23.6. The Hall–Kier alpha value is -9.68. The number of aromatic nitrogens is 4. The number of fused-ring (bicyclic) bond motifs is 4. The van der Waals surface area contributed by atoms with Crippen LogP contribution >= 0.6 is 0 Å². The van der Waals surface area contributed by atoms with Crippen LogP contribution in [-0.2, 0) is 0 Å². The lowest BCUT2D eigenvalue weighted by molar-refractivity contribution is 0.729. The van der Waals surface area contributed by atoms with Gasteiger partial charge in [0.25, 0.3) is 0 Å². The molecule has 12 nitrogen and oxygen atoms in total. The van der Waals surface area contributed by atoms with E-state index in [1.54, 1.807) is 0 Å². The van der Waals surface area contributed by atoms with Crippen molar-refractivity contribution in [1.82, 2.24) is 19.9 Å². The first-order valence-corrected chi connectivity index (χ1v) is 28.3. The summed E-state index contributed by atoms with van der Waals surface area (Å²) in [5.74, 6) is 2.06. The van der Waals surface area contributed by atoms with Crippen LogP contribution in [0.1, 0.15) is 49.9 Å². The summed E-state index contributed by atoms with van der Waals surface area (Å²) in [4.78, 5) is 36.4. The Bertz CT molecular complexity index is 3550. The first kappa shape index (κ1) is 54.3. The van der Waals surface area contributed by atoms with Crippen molar-refractivity contribution >= 4 is 79.9 Å².